The van der Waals surface area contributed by atoms with Crippen LogP contribution in [0.15, 0.2) is 171 Å². The van der Waals surface area contributed by atoms with Gasteiger partial charge in [-0.25, -0.2) is 9.97 Å². The fourth-order valence-corrected chi connectivity index (χ4v) is 7.50. The average molecular weight is 687 g/mol. The van der Waals surface area contributed by atoms with E-state index < -0.39 is 0 Å². The predicted molar refractivity (Wildman–Crippen MR) is 208 cm³/mol. The zero-order valence-electron chi connectivity index (χ0n) is 27.9. The molecule has 0 saturated heterocycles. The molecule has 0 N–H and O–H groups in total. The number of benzene rings is 7. The molecular weight excluding hydrogens is 661 g/mol. The third-order valence-electron chi connectivity index (χ3n) is 9.83. The van der Waals surface area contributed by atoms with E-state index >= 15 is 0 Å². The van der Waals surface area contributed by atoms with E-state index in [-0.39, 0.29) is 5.43 Å². The van der Waals surface area contributed by atoms with Crippen molar-refractivity contribution in [1.29, 1.82) is 0 Å². The van der Waals surface area contributed by atoms with E-state index in [1.807, 2.05) is 158 Å². The number of anilines is 3. The molecule has 0 atom stereocenters. The van der Waals surface area contributed by atoms with E-state index in [0.717, 1.165) is 22.5 Å². The number of aromatic nitrogens is 3. The molecule has 0 fully saturated rings. The summed E-state index contributed by atoms with van der Waals surface area (Å²) in [6.07, 6.45) is 0. The fourth-order valence-electron chi connectivity index (χ4n) is 7.50. The molecule has 1 aliphatic rings. The SMILES string of the molecule is O=c1c2ccccc2n(-c2c3nc(-c4ccccc4)oc3c(N3c4ccccc4Oc4ccccc43)c3nc(-c4ccccc4)oc23)c2ccccc12. The van der Waals surface area contributed by atoms with E-state index in [4.69, 9.17) is 23.5 Å². The first kappa shape index (κ1) is 29.3. The van der Waals surface area contributed by atoms with E-state index in [1.165, 1.54) is 0 Å². The van der Waals surface area contributed by atoms with Crippen molar-refractivity contribution in [2.24, 2.45) is 0 Å². The molecule has 3 aromatic heterocycles. The van der Waals surface area contributed by atoms with E-state index in [1.54, 1.807) is 0 Å². The minimum atomic E-state index is -0.0502. The maximum absolute atomic E-state index is 14.0. The molecule has 250 valence electrons. The smallest absolute Gasteiger partial charge is 0.227 e. The molecule has 0 aliphatic carbocycles. The third-order valence-corrected chi connectivity index (χ3v) is 9.83. The van der Waals surface area contributed by atoms with Crippen LogP contribution in [-0.2, 0) is 0 Å². The zero-order valence-corrected chi connectivity index (χ0v) is 27.9. The van der Waals surface area contributed by atoms with Crippen LogP contribution in [-0.4, -0.2) is 14.5 Å². The van der Waals surface area contributed by atoms with Crippen molar-refractivity contribution in [2.45, 2.75) is 0 Å². The van der Waals surface area contributed by atoms with Gasteiger partial charge in [-0.15, -0.1) is 0 Å². The number of fused-ring (bicyclic) bond motifs is 6. The minimum Gasteiger partial charge on any atom is -0.453 e. The van der Waals surface area contributed by atoms with Gasteiger partial charge in [0.25, 0.3) is 0 Å². The summed E-state index contributed by atoms with van der Waals surface area (Å²) in [5, 5.41) is 1.14. The summed E-state index contributed by atoms with van der Waals surface area (Å²) in [5.41, 5.74) is 7.95. The lowest BCUT2D eigenvalue weighted by Gasteiger charge is -2.32. The standard InChI is InChI=1S/C45H26N4O4/c50-41-29-19-7-9-21-31(29)48(32-22-10-8-20-30(32)41)39-37-43(53-44(46-37)27-15-3-1-4-16-27)40(38-42(39)52-45(47-38)28-17-5-2-6-18-28)49-33-23-11-13-25-35(33)51-36-26-14-12-24-34(36)49/h1-26H. The predicted octanol–water partition coefficient (Wildman–Crippen LogP) is 11.3. The highest BCUT2D eigenvalue weighted by Gasteiger charge is 2.35. The molecule has 0 unspecified atom stereocenters. The molecule has 0 saturated carbocycles. The maximum atomic E-state index is 14.0. The molecule has 0 radical (unpaired) electrons. The van der Waals surface area contributed by atoms with Crippen molar-refractivity contribution in [3.63, 3.8) is 0 Å². The Kier molecular flexibility index (Phi) is 6.23. The lowest BCUT2D eigenvalue weighted by Crippen LogP contribution is -2.17. The van der Waals surface area contributed by atoms with Gasteiger partial charge in [-0.05, 0) is 72.8 Å². The van der Waals surface area contributed by atoms with Crippen LogP contribution in [0.5, 0.6) is 11.5 Å². The topological polar surface area (TPSA) is 86.5 Å². The van der Waals surface area contributed by atoms with Crippen LogP contribution in [0.4, 0.5) is 17.1 Å². The van der Waals surface area contributed by atoms with Gasteiger partial charge in [0, 0.05) is 21.9 Å². The highest BCUT2D eigenvalue weighted by atomic mass is 16.5. The summed E-state index contributed by atoms with van der Waals surface area (Å²) in [6.45, 7) is 0. The minimum absolute atomic E-state index is 0.0502. The highest BCUT2D eigenvalue weighted by Crippen LogP contribution is 2.55. The van der Waals surface area contributed by atoms with E-state index in [2.05, 4.69) is 9.47 Å². The van der Waals surface area contributed by atoms with Gasteiger partial charge in [0.1, 0.15) is 22.4 Å². The third kappa shape index (κ3) is 4.33. The number of hydrogen-bond donors (Lipinski definition) is 0. The van der Waals surface area contributed by atoms with Gasteiger partial charge in [0.05, 0.1) is 22.4 Å². The Hall–Kier alpha value is -7.45. The Bertz CT molecular complexity index is 2930. The molecule has 7 aromatic carbocycles. The van der Waals surface area contributed by atoms with Gasteiger partial charge >= 0.3 is 0 Å². The molecular formula is C45H26N4O4. The molecule has 0 bridgehead atoms. The quantitative estimate of drug-likeness (QED) is 0.170. The monoisotopic (exact) mass is 686 g/mol. The van der Waals surface area contributed by atoms with Crippen molar-refractivity contribution >= 4 is 61.1 Å². The second kappa shape index (κ2) is 11.3. The molecule has 11 rings (SSSR count). The van der Waals surface area contributed by atoms with Gasteiger partial charge in [-0.2, -0.15) is 0 Å². The largest absolute Gasteiger partial charge is 0.453 e. The lowest BCUT2D eigenvalue weighted by molar-refractivity contribution is 0.477. The van der Waals surface area contributed by atoms with Crippen LogP contribution in [0, 0.1) is 0 Å². The number of hydrogen-bond acceptors (Lipinski definition) is 7. The van der Waals surface area contributed by atoms with Crippen LogP contribution in [0.1, 0.15) is 0 Å². The number of ether oxygens (including phenoxy) is 1. The van der Waals surface area contributed by atoms with Crippen LogP contribution in [0.2, 0.25) is 0 Å². The van der Waals surface area contributed by atoms with Crippen LogP contribution < -0.4 is 15.1 Å². The van der Waals surface area contributed by atoms with Gasteiger partial charge in [0.15, 0.2) is 28.1 Å². The van der Waals surface area contributed by atoms with Gasteiger partial charge in [0.2, 0.25) is 11.8 Å². The lowest BCUT2D eigenvalue weighted by atomic mass is 10.1. The number of para-hydroxylation sites is 6. The van der Waals surface area contributed by atoms with Crippen LogP contribution in [0.25, 0.3) is 72.6 Å². The average Bonchev–Trinajstić information content (AvgIpc) is 3.87. The Morgan fingerprint density at radius 1 is 0.453 bits per heavy atom. The van der Waals surface area contributed by atoms with Gasteiger partial charge in [-0.3, -0.25) is 9.69 Å². The highest BCUT2D eigenvalue weighted by molar-refractivity contribution is 6.16. The molecule has 0 spiro atoms. The molecule has 4 heterocycles. The Balaban J connectivity index is 1.37. The molecule has 10 aromatic rings. The van der Waals surface area contributed by atoms with Crippen LogP contribution in [0.3, 0.4) is 0 Å². The zero-order chi connectivity index (χ0) is 35.0. The summed E-state index contributed by atoms with van der Waals surface area (Å²) in [5.74, 6) is 2.24. The molecule has 8 nitrogen and oxygen atoms in total. The Morgan fingerprint density at radius 3 is 1.43 bits per heavy atom. The van der Waals surface area contributed by atoms with Crippen molar-refractivity contribution < 1.29 is 13.6 Å². The second-order valence-electron chi connectivity index (χ2n) is 12.9. The first-order valence-electron chi connectivity index (χ1n) is 17.3. The summed E-state index contributed by atoms with van der Waals surface area (Å²) in [6, 6.07) is 50.8. The number of pyridine rings is 1. The number of nitrogens with zero attached hydrogens (tertiary/aromatic N) is 4. The van der Waals surface area contributed by atoms with Crippen molar-refractivity contribution in [1.82, 2.24) is 14.5 Å². The normalized spacial score (nSPS) is 12.3. The van der Waals surface area contributed by atoms with E-state index in [9.17, 15) is 4.79 Å². The maximum Gasteiger partial charge on any atom is 0.227 e. The van der Waals surface area contributed by atoms with Crippen LogP contribution >= 0.6 is 0 Å². The number of oxazole rings is 2. The molecule has 1 aliphatic heterocycles. The Morgan fingerprint density at radius 2 is 0.887 bits per heavy atom. The van der Waals surface area contributed by atoms with Crippen molar-refractivity contribution in [3.05, 3.63) is 168 Å². The van der Waals surface area contributed by atoms with E-state index in [0.29, 0.717) is 78.7 Å². The Labute approximate surface area is 301 Å². The molecule has 8 heteroatoms. The summed E-state index contributed by atoms with van der Waals surface area (Å²) in [7, 11) is 0. The molecule has 0 amide bonds. The first-order valence-corrected chi connectivity index (χ1v) is 17.3. The summed E-state index contributed by atoms with van der Waals surface area (Å²) >= 11 is 0. The van der Waals surface area contributed by atoms with Gasteiger partial charge in [-0.1, -0.05) is 84.9 Å². The van der Waals surface area contributed by atoms with Crippen molar-refractivity contribution in [2.75, 3.05) is 4.90 Å². The first-order chi connectivity index (χ1) is 26.2. The van der Waals surface area contributed by atoms with Crippen molar-refractivity contribution in [3.8, 4) is 40.1 Å². The summed E-state index contributed by atoms with van der Waals surface area (Å²) in [4.78, 5) is 26.7. The second-order valence-corrected chi connectivity index (χ2v) is 12.9. The molecule has 53 heavy (non-hydrogen) atoms. The fraction of sp³-hybridized carbons (Fsp3) is 0. The summed E-state index contributed by atoms with van der Waals surface area (Å²) < 4.78 is 22.4. The number of rotatable bonds is 4. The van der Waals surface area contributed by atoms with Gasteiger partial charge < -0.3 is 18.1 Å².